The Labute approximate surface area is 144 Å². The number of nitrogens with two attached hydrogens (primary N) is 1. The molecule has 0 bridgehead atoms. The first-order chi connectivity index (χ1) is 11.8. The summed E-state index contributed by atoms with van der Waals surface area (Å²) in [7, 11) is 0. The molecule has 1 aliphatic rings. The van der Waals surface area contributed by atoms with Crippen LogP contribution in [0.3, 0.4) is 0 Å². The van der Waals surface area contributed by atoms with E-state index < -0.39 is 17.2 Å². The Morgan fingerprint density at radius 2 is 1.80 bits per heavy atom. The largest absolute Gasteiger partial charge is 0.416 e. The third-order valence-corrected chi connectivity index (χ3v) is 4.61. The summed E-state index contributed by atoms with van der Waals surface area (Å²) < 4.78 is 38.7. The van der Waals surface area contributed by atoms with Crippen LogP contribution < -0.4 is 11.1 Å². The molecule has 1 saturated carbocycles. The highest BCUT2D eigenvalue weighted by Crippen LogP contribution is 2.49. The second-order valence-electron chi connectivity index (χ2n) is 6.41. The number of alkyl halides is 3. The zero-order valence-electron chi connectivity index (χ0n) is 13.6. The molecule has 0 heterocycles. The van der Waals surface area contributed by atoms with Gasteiger partial charge in [0, 0.05) is 12.2 Å². The van der Waals surface area contributed by atoms with E-state index in [1.807, 2.05) is 12.1 Å². The summed E-state index contributed by atoms with van der Waals surface area (Å²) >= 11 is 0. The van der Waals surface area contributed by atoms with Crippen molar-refractivity contribution in [2.75, 3.05) is 12.3 Å². The summed E-state index contributed by atoms with van der Waals surface area (Å²) in [6.07, 6.45) is -2.62. The van der Waals surface area contributed by atoms with Crippen molar-refractivity contribution in [1.29, 1.82) is 0 Å². The molecule has 2 aromatic rings. The summed E-state index contributed by atoms with van der Waals surface area (Å²) in [5.41, 5.74) is 6.25. The lowest BCUT2D eigenvalue weighted by Crippen LogP contribution is -2.36. The van der Waals surface area contributed by atoms with E-state index in [2.05, 4.69) is 5.32 Å². The molecule has 25 heavy (non-hydrogen) atoms. The zero-order chi connectivity index (χ0) is 18.1. The Bertz CT molecular complexity index is 765. The first-order valence-electron chi connectivity index (χ1n) is 8.12. The van der Waals surface area contributed by atoms with Gasteiger partial charge in [-0.05, 0) is 48.6 Å². The lowest BCUT2D eigenvalue weighted by atomic mass is 9.93. The van der Waals surface area contributed by atoms with Crippen LogP contribution in [0.15, 0.2) is 48.5 Å². The summed E-state index contributed by atoms with van der Waals surface area (Å²) in [6, 6.07) is 12.4. The highest BCUT2D eigenvalue weighted by molar-refractivity contribution is 5.91. The normalized spacial score (nSPS) is 15.6. The van der Waals surface area contributed by atoms with Gasteiger partial charge in [-0.15, -0.1) is 0 Å². The van der Waals surface area contributed by atoms with Gasteiger partial charge in [0.2, 0.25) is 5.91 Å². The number of amides is 1. The average molecular weight is 348 g/mol. The van der Waals surface area contributed by atoms with Crippen LogP contribution in [0.4, 0.5) is 18.9 Å². The Kier molecular flexibility index (Phi) is 4.45. The summed E-state index contributed by atoms with van der Waals surface area (Å²) in [4.78, 5) is 12.5. The number of nitrogens with one attached hydrogen (secondary N) is 1. The molecular weight excluding hydrogens is 329 g/mol. The molecule has 1 fully saturated rings. The van der Waals surface area contributed by atoms with Crippen LogP contribution in [0, 0.1) is 0 Å². The molecule has 132 valence electrons. The highest BCUT2D eigenvalue weighted by Gasteiger charge is 2.51. The van der Waals surface area contributed by atoms with Gasteiger partial charge >= 0.3 is 6.18 Å². The first kappa shape index (κ1) is 17.3. The van der Waals surface area contributed by atoms with E-state index >= 15 is 0 Å². The fourth-order valence-electron chi connectivity index (χ4n) is 2.94. The first-order valence-corrected chi connectivity index (χ1v) is 8.12. The summed E-state index contributed by atoms with van der Waals surface area (Å²) in [6.45, 7) is 0.434. The average Bonchev–Trinajstić information content (AvgIpc) is 3.38. The lowest BCUT2D eigenvalue weighted by Gasteiger charge is -2.17. The van der Waals surface area contributed by atoms with Crippen LogP contribution in [-0.2, 0) is 22.8 Å². The van der Waals surface area contributed by atoms with Gasteiger partial charge in [-0.1, -0.05) is 30.3 Å². The molecule has 3 rings (SSSR count). The molecule has 0 atom stereocenters. The van der Waals surface area contributed by atoms with Crippen LogP contribution in [0.5, 0.6) is 0 Å². The maximum absolute atomic E-state index is 12.9. The number of nitrogen functional groups attached to an aromatic ring is 1. The fourth-order valence-corrected chi connectivity index (χ4v) is 2.94. The van der Waals surface area contributed by atoms with Gasteiger partial charge in [0.15, 0.2) is 0 Å². The molecule has 0 radical (unpaired) electrons. The van der Waals surface area contributed by atoms with Crippen molar-refractivity contribution < 1.29 is 18.0 Å². The van der Waals surface area contributed by atoms with Crippen molar-refractivity contribution in [3.05, 3.63) is 65.2 Å². The third-order valence-electron chi connectivity index (χ3n) is 4.61. The van der Waals surface area contributed by atoms with E-state index in [1.165, 1.54) is 6.07 Å². The van der Waals surface area contributed by atoms with Gasteiger partial charge in [0.25, 0.3) is 0 Å². The molecule has 3 N–H and O–H groups in total. The predicted octanol–water partition coefficient (Wildman–Crippen LogP) is 3.68. The predicted molar refractivity (Wildman–Crippen MR) is 89.9 cm³/mol. The van der Waals surface area contributed by atoms with Crippen molar-refractivity contribution in [2.24, 2.45) is 0 Å². The maximum atomic E-state index is 12.9. The van der Waals surface area contributed by atoms with Crippen molar-refractivity contribution in [3.63, 3.8) is 0 Å². The molecule has 3 nitrogen and oxygen atoms in total. The second-order valence-corrected chi connectivity index (χ2v) is 6.41. The molecule has 0 aliphatic heterocycles. The van der Waals surface area contributed by atoms with Crippen LogP contribution in [-0.4, -0.2) is 12.5 Å². The topological polar surface area (TPSA) is 55.1 Å². The summed E-state index contributed by atoms with van der Waals surface area (Å²) in [5, 5.41) is 2.85. The Morgan fingerprint density at radius 1 is 1.12 bits per heavy atom. The van der Waals surface area contributed by atoms with E-state index in [0.29, 0.717) is 37.1 Å². The molecule has 0 spiro atoms. The quantitative estimate of drug-likeness (QED) is 0.810. The number of hydrogen-bond acceptors (Lipinski definition) is 2. The highest BCUT2D eigenvalue weighted by atomic mass is 19.4. The second kappa shape index (κ2) is 6.43. The van der Waals surface area contributed by atoms with Gasteiger partial charge in [-0.2, -0.15) is 13.2 Å². The smallest absolute Gasteiger partial charge is 0.399 e. The van der Waals surface area contributed by atoms with Crippen LogP contribution in [0.1, 0.15) is 29.5 Å². The minimum atomic E-state index is -4.41. The standard InChI is InChI=1S/C19H19F3N2O/c20-19(21,22)15-3-1-2-14(12-15)18(9-10-18)17(25)24-11-8-13-4-6-16(23)7-5-13/h1-7,12H,8-11,23H2,(H,24,25). The van der Waals surface area contributed by atoms with Gasteiger partial charge in [-0.3, -0.25) is 4.79 Å². The number of hydrogen-bond donors (Lipinski definition) is 2. The molecule has 0 unspecified atom stereocenters. The van der Waals surface area contributed by atoms with E-state index in [4.69, 9.17) is 5.73 Å². The van der Waals surface area contributed by atoms with E-state index in [0.717, 1.165) is 17.7 Å². The van der Waals surface area contributed by atoms with Gasteiger partial charge < -0.3 is 11.1 Å². The Morgan fingerprint density at radius 3 is 2.40 bits per heavy atom. The van der Waals surface area contributed by atoms with Crippen LogP contribution >= 0.6 is 0 Å². The summed E-state index contributed by atoms with van der Waals surface area (Å²) in [5.74, 6) is -0.206. The minimum absolute atomic E-state index is 0.206. The van der Waals surface area contributed by atoms with Gasteiger partial charge in [0.1, 0.15) is 0 Å². The zero-order valence-corrected chi connectivity index (χ0v) is 13.6. The number of carbonyl (C=O) groups excluding carboxylic acids is 1. The van der Waals surface area contributed by atoms with Crippen molar-refractivity contribution in [3.8, 4) is 0 Å². The lowest BCUT2D eigenvalue weighted by molar-refractivity contribution is -0.137. The van der Waals surface area contributed by atoms with Gasteiger partial charge in [0.05, 0.1) is 11.0 Å². The molecule has 2 aromatic carbocycles. The molecule has 1 aliphatic carbocycles. The van der Waals surface area contributed by atoms with Gasteiger partial charge in [-0.25, -0.2) is 0 Å². The van der Waals surface area contributed by atoms with Crippen molar-refractivity contribution >= 4 is 11.6 Å². The Balaban J connectivity index is 1.64. The number of anilines is 1. The maximum Gasteiger partial charge on any atom is 0.416 e. The van der Waals surface area contributed by atoms with Crippen molar-refractivity contribution in [1.82, 2.24) is 5.32 Å². The van der Waals surface area contributed by atoms with E-state index in [1.54, 1.807) is 18.2 Å². The number of halogens is 3. The van der Waals surface area contributed by atoms with Crippen molar-refractivity contribution in [2.45, 2.75) is 30.9 Å². The monoisotopic (exact) mass is 348 g/mol. The third kappa shape index (κ3) is 3.78. The SMILES string of the molecule is Nc1ccc(CCNC(=O)C2(c3cccc(C(F)(F)F)c3)CC2)cc1. The number of rotatable bonds is 5. The Hall–Kier alpha value is -2.50. The number of carbonyl (C=O) groups is 1. The van der Waals surface area contributed by atoms with E-state index in [9.17, 15) is 18.0 Å². The minimum Gasteiger partial charge on any atom is -0.399 e. The molecule has 6 heteroatoms. The molecule has 0 aromatic heterocycles. The molecule has 1 amide bonds. The van der Waals surface area contributed by atoms with Crippen LogP contribution in [0.25, 0.3) is 0 Å². The fraction of sp³-hybridized carbons (Fsp3) is 0.316. The van der Waals surface area contributed by atoms with E-state index in [-0.39, 0.29) is 5.91 Å². The van der Waals surface area contributed by atoms with Crippen LogP contribution in [0.2, 0.25) is 0 Å². The molecular formula is C19H19F3N2O. The number of benzene rings is 2. The molecule has 0 saturated heterocycles.